The Morgan fingerprint density at radius 2 is 1.93 bits per heavy atom. The lowest BCUT2D eigenvalue weighted by atomic mass is 10.0. The molecule has 3 nitrogen and oxygen atoms in total. The first-order valence-corrected chi connectivity index (χ1v) is 6.52. The number of nitrogens with one attached hydrogen (secondary N) is 1. The molecular formula is C11H21N3S. The monoisotopic (exact) mass is 227 g/mol. The maximum atomic E-state index is 4.11. The largest absolute Gasteiger partial charge is 0.358 e. The zero-order chi connectivity index (χ0) is 11.3. The van der Waals surface area contributed by atoms with E-state index in [1.54, 1.807) is 11.3 Å². The van der Waals surface area contributed by atoms with Gasteiger partial charge in [0.05, 0.1) is 0 Å². The van der Waals surface area contributed by atoms with Gasteiger partial charge >= 0.3 is 0 Å². The molecule has 0 radical (unpaired) electrons. The predicted octanol–water partition coefficient (Wildman–Crippen LogP) is 3.34. The van der Waals surface area contributed by atoms with Crippen LogP contribution in [-0.4, -0.2) is 16.2 Å². The van der Waals surface area contributed by atoms with Crippen molar-refractivity contribution in [3.05, 3.63) is 5.01 Å². The van der Waals surface area contributed by atoms with Gasteiger partial charge in [-0.15, -0.1) is 10.2 Å². The second kappa shape index (κ2) is 6.05. The highest BCUT2D eigenvalue weighted by atomic mass is 32.1. The lowest BCUT2D eigenvalue weighted by Gasteiger charge is -2.13. The van der Waals surface area contributed by atoms with E-state index >= 15 is 0 Å². The molecule has 1 aromatic heterocycles. The van der Waals surface area contributed by atoms with E-state index in [0.717, 1.165) is 22.5 Å². The number of hydrogen-bond acceptors (Lipinski definition) is 4. The molecule has 1 aromatic rings. The Labute approximate surface area is 96.3 Å². The molecule has 0 aliphatic heterocycles. The van der Waals surface area contributed by atoms with Crippen molar-refractivity contribution in [2.24, 2.45) is 5.92 Å². The first-order valence-electron chi connectivity index (χ1n) is 5.70. The van der Waals surface area contributed by atoms with E-state index in [1.165, 1.54) is 12.8 Å². The summed E-state index contributed by atoms with van der Waals surface area (Å²) in [5, 5.41) is 13.7. The van der Waals surface area contributed by atoms with E-state index in [2.05, 4.69) is 43.2 Å². The molecule has 1 rings (SSSR count). The fraction of sp³-hybridized carbons (Fsp3) is 0.818. The highest BCUT2D eigenvalue weighted by molar-refractivity contribution is 7.15. The van der Waals surface area contributed by atoms with E-state index < -0.39 is 0 Å². The molecule has 0 saturated heterocycles. The molecule has 0 saturated carbocycles. The van der Waals surface area contributed by atoms with Crippen LogP contribution < -0.4 is 5.32 Å². The zero-order valence-corrected chi connectivity index (χ0v) is 10.9. The summed E-state index contributed by atoms with van der Waals surface area (Å²) in [5.74, 6) is 0.773. The van der Waals surface area contributed by atoms with Crippen LogP contribution in [0.2, 0.25) is 0 Å². The van der Waals surface area contributed by atoms with Gasteiger partial charge in [-0.25, -0.2) is 0 Å². The third-order valence-electron chi connectivity index (χ3n) is 2.32. The molecule has 1 atom stereocenters. The van der Waals surface area contributed by atoms with Crippen molar-refractivity contribution in [2.45, 2.75) is 53.0 Å². The molecule has 1 heterocycles. The third kappa shape index (κ3) is 4.60. The molecule has 0 aliphatic carbocycles. The second-order valence-corrected chi connectivity index (χ2v) is 5.43. The first kappa shape index (κ1) is 12.4. The summed E-state index contributed by atoms with van der Waals surface area (Å²) in [6.07, 6.45) is 3.42. The topological polar surface area (TPSA) is 37.8 Å². The Hall–Kier alpha value is -0.640. The molecule has 0 aromatic carbocycles. The molecule has 0 fully saturated rings. The Balaban J connectivity index is 2.33. The molecule has 1 unspecified atom stereocenters. The van der Waals surface area contributed by atoms with Crippen LogP contribution in [0.25, 0.3) is 0 Å². The van der Waals surface area contributed by atoms with Crippen molar-refractivity contribution in [1.29, 1.82) is 0 Å². The summed E-state index contributed by atoms with van der Waals surface area (Å²) in [6, 6.07) is 0.491. The summed E-state index contributed by atoms with van der Waals surface area (Å²) in [4.78, 5) is 0. The fourth-order valence-corrected chi connectivity index (χ4v) is 2.11. The lowest BCUT2D eigenvalue weighted by Crippen LogP contribution is -2.15. The highest BCUT2D eigenvalue weighted by Gasteiger charge is 2.07. The predicted molar refractivity (Wildman–Crippen MR) is 66.4 cm³/mol. The van der Waals surface area contributed by atoms with Crippen molar-refractivity contribution >= 4 is 16.5 Å². The summed E-state index contributed by atoms with van der Waals surface area (Å²) in [5.41, 5.74) is 0. The third-order valence-corrected chi connectivity index (χ3v) is 3.32. The number of aromatic nitrogens is 2. The van der Waals surface area contributed by atoms with E-state index in [0.29, 0.717) is 6.04 Å². The lowest BCUT2D eigenvalue weighted by molar-refractivity contribution is 0.527. The van der Waals surface area contributed by atoms with E-state index in [9.17, 15) is 0 Å². The SMILES string of the molecule is CCc1nnc(NC(C)CCC(C)C)s1. The molecule has 0 aliphatic rings. The van der Waals surface area contributed by atoms with Gasteiger partial charge in [-0.2, -0.15) is 0 Å². The number of anilines is 1. The average Bonchev–Trinajstić information content (AvgIpc) is 2.62. The highest BCUT2D eigenvalue weighted by Crippen LogP contribution is 2.18. The molecule has 1 N–H and O–H groups in total. The quantitative estimate of drug-likeness (QED) is 0.810. The van der Waals surface area contributed by atoms with Gasteiger partial charge in [0.2, 0.25) is 5.13 Å². The summed E-state index contributed by atoms with van der Waals surface area (Å²) in [6.45, 7) is 8.82. The fourth-order valence-electron chi connectivity index (χ4n) is 1.32. The maximum Gasteiger partial charge on any atom is 0.205 e. The maximum absolute atomic E-state index is 4.11. The van der Waals surface area contributed by atoms with Crippen LogP contribution in [0.3, 0.4) is 0 Å². The van der Waals surface area contributed by atoms with Gasteiger partial charge in [0.25, 0.3) is 0 Å². The van der Waals surface area contributed by atoms with Crippen LogP contribution in [0.1, 0.15) is 45.5 Å². The van der Waals surface area contributed by atoms with Crippen molar-refractivity contribution in [2.75, 3.05) is 5.32 Å². The molecule has 4 heteroatoms. The molecular weight excluding hydrogens is 206 g/mol. The minimum Gasteiger partial charge on any atom is -0.358 e. The Morgan fingerprint density at radius 3 is 2.47 bits per heavy atom. The minimum atomic E-state index is 0.491. The van der Waals surface area contributed by atoms with Crippen LogP contribution in [-0.2, 0) is 6.42 Å². The average molecular weight is 227 g/mol. The normalized spacial score (nSPS) is 13.1. The smallest absolute Gasteiger partial charge is 0.205 e. The van der Waals surface area contributed by atoms with Crippen LogP contribution in [0.5, 0.6) is 0 Å². The first-order chi connectivity index (χ1) is 7.11. The minimum absolute atomic E-state index is 0.491. The summed E-state index contributed by atoms with van der Waals surface area (Å²) in [7, 11) is 0. The van der Waals surface area contributed by atoms with Gasteiger partial charge in [-0.05, 0) is 32.1 Å². The van der Waals surface area contributed by atoms with Gasteiger partial charge < -0.3 is 5.32 Å². The van der Waals surface area contributed by atoms with Crippen LogP contribution in [0.15, 0.2) is 0 Å². The molecule has 0 spiro atoms. The number of nitrogens with zero attached hydrogens (tertiary/aromatic N) is 2. The molecule has 86 valence electrons. The van der Waals surface area contributed by atoms with Gasteiger partial charge in [0, 0.05) is 6.04 Å². The summed E-state index contributed by atoms with van der Waals surface area (Å²) < 4.78 is 0. The Bertz CT molecular complexity index is 283. The molecule has 0 bridgehead atoms. The van der Waals surface area contributed by atoms with Gasteiger partial charge in [-0.1, -0.05) is 32.1 Å². The number of hydrogen-bond donors (Lipinski definition) is 1. The number of aryl methyl sites for hydroxylation is 1. The van der Waals surface area contributed by atoms with Gasteiger partial charge in [-0.3, -0.25) is 0 Å². The van der Waals surface area contributed by atoms with E-state index in [1.807, 2.05) is 0 Å². The molecule has 0 amide bonds. The zero-order valence-electron chi connectivity index (χ0n) is 10.1. The molecule has 15 heavy (non-hydrogen) atoms. The Kier molecular flexibility index (Phi) is 5.02. The second-order valence-electron chi connectivity index (χ2n) is 4.37. The van der Waals surface area contributed by atoms with E-state index in [4.69, 9.17) is 0 Å². The Morgan fingerprint density at radius 1 is 1.20 bits per heavy atom. The van der Waals surface area contributed by atoms with E-state index in [-0.39, 0.29) is 0 Å². The van der Waals surface area contributed by atoms with Crippen molar-refractivity contribution in [3.63, 3.8) is 0 Å². The van der Waals surface area contributed by atoms with Gasteiger partial charge in [0.1, 0.15) is 5.01 Å². The summed E-state index contributed by atoms with van der Waals surface area (Å²) >= 11 is 1.66. The van der Waals surface area contributed by atoms with Crippen LogP contribution in [0, 0.1) is 5.92 Å². The standard InChI is InChI=1S/C11H21N3S/c1-5-10-13-14-11(15-10)12-9(4)7-6-8(2)3/h8-9H,5-7H2,1-4H3,(H,12,14). The van der Waals surface area contributed by atoms with Crippen molar-refractivity contribution in [1.82, 2.24) is 10.2 Å². The van der Waals surface area contributed by atoms with Crippen LogP contribution >= 0.6 is 11.3 Å². The van der Waals surface area contributed by atoms with Crippen LogP contribution in [0.4, 0.5) is 5.13 Å². The van der Waals surface area contributed by atoms with Crippen molar-refractivity contribution in [3.8, 4) is 0 Å². The van der Waals surface area contributed by atoms with Gasteiger partial charge in [0.15, 0.2) is 0 Å². The number of rotatable bonds is 6. The van der Waals surface area contributed by atoms with Crippen molar-refractivity contribution < 1.29 is 0 Å².